The smallest absolute Gasteiger partial charge is 0.244 e. The summed E-state index contributed by atoms with van der Waals surface area (Å²) in [6, 6.07) is 11.2. The number of phenols is 2. The lowest BCUT2D eigenvalue weighted by atomic mass is 10.1. The van der Waals surface area contributed by atoms with Crippen LogP contribution < -0.4 is 10.1 Å². The Morgan fingerprint density at radius 2 is 1.88 bits per heavy atom. The summed E-state index contributed by atoms with van der Waals surface area (Å²) < 4.78 is 5.05. The largest absolute Gasteiger partial charge is 0.504 e. The first-order valence-corrected chi connectivity index (χ1v) is 7.29. The van der Waals surface area contributed by atoms with Crippen molar-refractivity contribution in [2.24, 2.45) is 0 Å². The standard InChI is InChI=1S/C18H19NO5/c1-24-14-6-2-12(3-7-14)4-9-18(23)19-11-17(22)13-5-8-15(20)16(21)10-13/h2-10,17,20-22H,11H2,1H3,(H,19,23)/t17-/m1/s1. The van der Waals surface area contributed by atoms with Crippen molar-refractivity contribution in [3.8, 4) is 17.2 Å². The summed E-state index contributed by atoms with van der Waals surface area (Å²) in [4.78, 5) is 11.8. The molecule has 24 heavy (non-hydrogen) atoms. The minimum atomic E-state index is -0.991. The molecule has 0 bridgehead atoms. The Hall–Kier alpha value is -2.99. The van der Waals surface area contributed by atoms with Gasteiger partial charge in [0.2, 0.25) is 5.91 Å². The molecular formula is C18H19NO5. The summed E-state index contributed by atoms with van der Waals surface area (Å²) in [7, 11) is 1.58. The molecule has 0 saturated carbocycles. The van der Waals surface area contributed by atoms with Crippen LogP contribution in [-0.2, 0) is 4.79 Å². The van der Waals surface area contributed by atoms with Gasteiger partial charge in [-0.3, -0.25) is 4.79 Å². The van der Waals surface area contributed by atoms with E-state index in [4.69, 9.17) is 4.74 Å². The van der Waals surface area contributed by atoms with E-state index in [1.165, 1.54) is 24.3 Å². The Labute approximate surface area is 139 Å². The van der Waals surface area contributed by atoms with E-state index < -0.39 is 6.10 Å². The second-order valence-corrected chi connectivity index (χ2v) is 5.12. The van der Waals surface area contributed by atoms with Gasteiger partial charge in [-0.2, -0.15) is 0 Å². The Morgan fingerprint density at radius 1 is 1.17 bits per heavy atom. The molecule has 6 heteroatoms. The number of aromatic hydroxyl groups is 2. The first kappa shape index (κ1) is 17.4. The van der Waals surface area contributed by atoms with Crippen molar-refractivity contribution in [2.75, 3.05) is 13.7 Å². The lowest BCUT2D eigenvalue weighted by Gasteiger charge is -2.12. The van der Waals surface area contributed by atoms with Crippen LogP contribution in [0.5, 0.6) is 17.2 Å². The second kappa shape index (κ2) is 8.03. The van der Waals surface area contributed by atoms with Gasteiger partial charge >= 0.3 is 0 Å². The number of hydrogen-bond acceptors (Lipinski definition) is 5. The SMILES string of the molecule is COc1ccc(C=CC(=O)NC[C@@H](O)c2ccc(O)c(O)c2)cc1. The van der Waals surface area contributed by atoms with Crippen LogP contribution in [0.15, 0.2) is 48.5 Å². The van der Waals surface area contributed by atoms with Gasteiger partial charge in [-0.05, 0) is 41.5 Å². The number of benzene rings is 2. The third-order valence-corrected chi connectivity index (χ3v) is 3.40. The predicted molar refractivity (Wildman–Crippen MR) is 89.8 cm³/mol. The monoisotopic (exact) mass is 329 g/mol. The zero-order valence-electron chi connectivity index (χ0n) is 13.1. The number of carbonyl (C=O) groups is 1. The lowest BCUT2D eigenvalue weighted by Crippen LogP contribution is -2.26. The number of amides is 1. The average Bonchev–Trinajstić information content (AvgIpc) is 2.60. The highest BCUT2D eigenvalue weighted by atomic mass is 16.5. The molecule has 2 aromatic carbocycles. The Morgan fingerprint density at radius 3 is 2.50 bits per heavy atom. The fraction of sp³-hybridized carbons (Fsp3) is 0.167. The van der Waals surface area contributed by atoms with Gasteiger partial charge in [-0.25, -0.2) is 0 Å². The summed E-state index contributed by atoms with van der Waals surface area (Å²) in [5.41, 5.74) is 1.24. The van der Waals surface area contributed by atoms with Crippen LogP contribution in [0, 0.1) is 0 Å². The zero-order valence-corrected chi connectivity index (χ0v) is 13.1. The van der Waals surface area contributed by atoms with E-state index in [1.54, 1.807) is 25.3 Å². The molecule has 1 amide bonds. The molecule has 0 unspecified atom stereocenters. The molecule has 0 aliphatic heterocycles. The number of nitrogens with one attached hydrogen (secondary N) is 1. The highest BCUT2D eigenvalue weighted by Gasteiger charge is 2.10. The van der Waals surface area contributed by atoms with E-state index in [-0.39, 0.29) is 24.0 Å². The van der Waals surface area contributed by atoms with Crippen LogP contribution >= 0.6 is 0 Å². The molecule has 0 fully saturated rings. The van der Waals surface area contributed by atoms with Gasteiger partial charge in [0.25, 0.3) is 0 Å². The van der Waals surface area contributed by atoms with E-state index >= 15 is 0 Å². The van der Waals surface area contributed by atoms with Gasteiger partial charge in [0, 0.05) is 12.6 Å². The fourth-order valence-electron chi connectivity index (χ4n) is 2.01. The van der Waals surface area contributed by atoms with Crippen LogP contribution in [0.3, 0.4) is 0 Å². The Bertz CT molecular complexity index is 725. The molecule has 1 atom stereocenters. The molecule has 126 valence electrons. The normalized spacial score (nSPS) is 12.1. The average molecular weight is 329 g/mol. The summed E-state index contributed by atoms with van der Waals surface area (Å²) in [5, 5.41) is 31.2. The van der Waals surface area contributed by atoms with Gasteiger partial charge in [-0.1, -0.05) is 18.2 Å². The van der Waals surface area contributed by atoms with Crippen LogP contribution in [0.1, 0.15) is 17.2 Å². The van der Waals surface area contributed by atoms with Crippen molar-refractivity contribution in [2.45, 2.75) is 6.10 Å². The number of rotatable bonds is 6. The highest BCUT2D eigenvalue weighted by molar-refractivity contribution is 5.91. The maximum absolute atomic E-state index is 11.8. The van der Waals surface area contributed by atoms with Crippen molar-refractivity contribution in [3.05, 3.63) is 59.7 Å². The molecule has 0 spiro atoms. The molecule has 4 N–H and O–H groups in total. The highest BCUT2D eigenvalue weighted by Crippen LogP contribution is 2.27. The summed E-state index contributed by atoms with van der Waals surface area (Å²) in [5.74, 6) is -0.209. The summed E-state index contributed by atoms with van der Waals surface area (Å²) in [6.07, 6.45) is 2.02. The van der Waals surface area contributed by atoms with E-state index in [0.29, 0.717) is 5.56 Å². The van der Waals surface area contributed by atoms with Gasteiger partial charge in [0.05, 0.1) is 13.2 Å². The molecule has 0 aliphatic carbocycles. The molecule has 0 aliphatic rings. The first-order valence-electron chi connectivity index (χ1n) is 7.29. The van der Waals surface area contributed by atoms with Gasteiger partial charge in [0.1, 0.15) is 5.75 Å². The number of aliphatic hydroxyl groups is 1. The van der Waals surface area contributed by atoms with Crippen LogP contribution in [-0.4, -0.2) is 34.9 Å². The first-order chi connectivity index (χ1) is 11.5. The van der Waals surface area contributed by atoms with Crippen molar-refractivity contribution >= 4 is 12.0 Å². The number of methoxy groups -OCH3 is 1. The topological polar surface area (TPSA) is 99.0 Å². The molecule has 0 radical (unpaired) electrons. The molecule has 0 aromatic heterocycles. The quantitative estimate of drug-likeness (QED) is 0.480. The van der Waals surface area contributed by atoms with Gasteiger partial charge in [-0.15, -0.1) is 0 Å². The number of ether oxygens (including phenoxy) is 1. The minimum Gasteiger partial charge on any atom is -0.504 e. The van der Waals surface area contributed by atoms with E-state index in [2.05, 4.69) is 5.32 Å². The van der Waals surface area contributed by atoms with E-state index in [0.717, 1.165) is 11.3 Å². The van der Waals surface area contributed by atoms with Crippen LogP contribution in [0.2, 0.25) is 0 Å². The summed E-state index contributed by atoms with van der Waals surface area (Å²) in [6.45, 7) is -0.0179. The van der Waals surface area contributed by atoms with Crippen LogP contribution in [0.25, 0.3) is 6.08 Å². The van der Waals surface area contributed by atoms with Crippen molar-refractivity contribution < 1.29 is 24.9 Å². The molecule has 2 aromatic rings. The maximum atomic E-state index is 11.8. The van der Waals surface area contributed by atoms with Crippen molar-refractivity contribution in [3.63, 3.8) is 0 Å². The lowest BCUT2D eigenvalue weighted by molar-refractivity contribution is -0.116. The van der Waals surface area contributed by atoms with Gasteiger partial charge < -0.3 is 25.4 Å². The van der Waals surface area contributed by atoms with Crippen molar-refractivity contribution in [1.29, 1.82) is 0 Å². The summed E-state index contributed by atoms with van der Waals surface area (Å²) >= 11 is 0. The molecule has 0 heterocycles. The number of aliphatic hydroxyl groups excluding tert-OH is 1. The third-order valence-electron chi connectivity index (χ3n) is 3.40. The predicted octanol–water partition coefficient (Wildman–Crippen LogP) is 1.97. The maximum Gasteiger partial charge on any atom is 0.244 e. The van der Waals surface area contributed by atoms with Crippen LogP contribution in [0.4, 0.5) is 0 Å². The number of hydrogen-bond donors (Lipinski definition) is 4. The van der Waals surface area contributed by atoms with Gasteiger partial charge in [0.15, 0.2) is 11.5 Å². The second-order valence-electron chi connectivity index (χ2n) is 5.12. The molecule has 0 saturated heterocycles. The number of phenolic OH excluding ortho intramolecular Hbond substituents is 2. The number of carbonyl (C=O) groups excluding carboxylic acids is 1. The van der Waals surface area contributed by atoms with E-state index in [1.807, 2.05) is 12.1 Å². The zero-order chi connectivity index (χ0) is 17.5. The Balaban J connectivity index is 1.87. The minimum absolute atomic E-state index is 0.0179. The Kier molecular flexibility index (Phi) is 5.81. The fourth-order valence-corrected chi connectivity index (χ4v) is 2.01. The van der Waals surface area contributed by atoms with Crippen molar-refractivity contribution in [1.82, 2.24) is 5.32 Å². The van der Waals surface area contributed by atoms with E-state index in [9.17, 15) is 20.1 Å². The third kappa shape index (κ3) is 4.76. The molecular weight excluding hydrogens is 310 g/mol. The molecule has 2 rings (SSSR count). The molecule has 6 nitrogen and oxygen atoms in total.